The number of likely N-dealkylation sites (tertiary alicyclic amines) is 1. The first-order valence-electron chi connectivity index (χ1n) is 12.8. The summed E-state index contributed by atoms with van der Waals surface area (Å²) in [4.78, 5) is 29.9. The van der Waals surface area contributed by atoms with Crippen LogP contribution in [0.2, 0.25) is 0 Å². The summed E-state index contributed by atoms with van der Waals surface area (Å²) in [5, 5.41) is 44.6. The molecule has 2 aliphatic heterocycles. The van der Waals surface area contributed by atoms with Crippen LogP contribution in [0.25, 0.3) is 5.76 Å². The summed E-state index contributed by atoms with van der Waals surface area (Å²) >= 11 is 0. The van der Waals surface area contributed by atoms with Gasteiger partial charge in [-0.3, -0.25) is 14.5 Å². The third-order valence-corrected chi connectivity index (χ3v) is 8.65. The molecule has 190 valence electrons. The van der Waals surface area contributed by atoms with Crippen molar-refractivity contribution in [3.63, 3.8) is 0 Å². The normalized spacial score (nSPS) is 28.5. The van der Waals surface area contributed by atoms with E-state index >= 15 is 0 Å². The van der Waals surface area contributed by atoms with Gasteiger partial charge in [0, 0.05) is 35.8 Å². The molecule has 2 heterocycles. The number of aliphatic hydroxyl groups is 3. The fourth-order valence-electron chi connectivity index (χ4n) is 7.11. The SMILES string of the molecule is NC(=O)C1=C(O)C2=C(O)C3=C(O)c4c(O)ccc(N5CCCC5)c4C[C@H]3C[C@H]2[C@@H](N2CCCC2)C1=O. The van der Waals surface area contributed by atoms with Crippen molar-refractivity contribution in [2.45, 2.75) is 44.6 Å². The highest BCUT2D eigenvalue weighted by atomic mass is 16.3. The molecule has 9 heteroatoms. The van der Waals surface area contributed by atoms with E-state index in [0.29, 0.717) is 25.9 Å². The van der Waals surface area contributed by atoms with E-state index in [2.05, 4.69) is 4.90 Å². The monoisotopic (exact) mass is 493 g/mol. The summed E-state index contributed by atoms with van der Waals surface area (Å²) in [7, 11) is 0. The van der Waals surface area contributed by atoms with Crippen molar-refractivity contribution in [3.05, 3.63) is 51.5 Å². The smallest absolute Gasteiger partial charge is 0.256 e. The number of carbonyl (C=O) groups excluding carboxylic acids is 2. The topological polar surface area (TPSA) is 148 Å². The summed E-state index contributed by atoms with van der Waals surface area (Å²) in [6.45, 7) is 3.17. The summed E-state index contributed by atoms with van der Waals surface area (Å²) in [5.41, 5.74) is 7.39. The van der Waals surface area contributed by atoms with Gasteiger partial charge >= 0.3 is 0 Å². The van der Waals surface area contributed by atoms with Crippen molar-refractivity contribution < 1.29 is 30.0 Å². The van der Waals surface area contributed by atoms with Crippen molar-refractivity contribution in [2.24, 2.45) is 17.6 Å². The number of anilines is 1. The van der Waals surface area contributed by atoms with E-state index in [0.717, 1.165) is 50.0 Å². The number of ketones is 1. The van der Waals surface area contributed by atoms with Gasteiger partial charge in [-0.25, -0.2) is 0 Å². The number of nitrogens with zero attached hydrogens (tertiary/aromatic N) is 2. The number of aliphatic hydroxyl groups excluding tert-OH is 3. The molecule has 0 unspecified atom stereocenters. The number of benzene rings is 1. The fraction of sp³-hybridized carbons (Fsp3) is 0.481. The zero-order valence-electron chi connectivity index (χ0n) is 20.0. The van der Waals surface area contributed by atoms with Gasteiger partial charge in [0.2, 0.25) is 0 Å². The molecule has 5 aliphatic rings. The Hall–Kier alpha value is -3.46. The number of carbonyl (C=O) groups is 2. The second kappa shape index (κ2) is 8.30. The van der Waals surface area contributed by atoms with Gasteiger partial charge in [-0.2, -0.15) is 0 Å². The van der Waals surface area contributed by atoms with Crippen LogP contribution in [0.1, 0.15) is 43.2 Å². The number of allylic oxidation sites excluding steroid dienone is 2. The van der Waals surface area contributed by atoms with Gasteiger partial charge in [0.25, 0.3) is 5.91 Å². The molecule has 3 atom stereocenters. The van der Waals surface area contributed by atoms with E-state index in [-0.39, 0.29) is 39.9 Å². The number of primary amides is 1. The van der Waals surface area contributed by atoms with Crippen LogP contribution in [0, 0.1) is 11.8 Å². The van der Waals surface area contributed by atoms with E-state index in [1.54, 1.807) is 6.07 Å². The lowest BCUT2D eigenvalue weighted by atomic mass is 9.64. The number of amides is 1. The van der Waals surface area contributed by atoms with Crippen LogP contribution >= 0.6 is 0 Å². The molecule has 0 spiro atoms. The number of aromatic hydroxyl groups is 1. The molecule has 6 rings (SSSR count). The Labute approximate surface area is 208 Å². The predicted octanol–water partition coefficient (Wildman–Crippen LogP) is 2.61. The van der Waals surface area contributed by atoms with Gasteiger partial charge in [0.15, 0.2) is 5.78 Å². The van der Waals surface area contributed by atoms with Crippen LogP contribution in [0.15, 0.2) is 40.4 Å². The molecule has 1 aromatic carbocycles. The van der Waals surface area contributed by atoms with Gasteiger partial charge in [0.05, 0.1) is 11.6 Å². The Bertz CT molecular complexity index is 1270. The highest BCUT2D eigenvalue weighted by molar-refractivity contribution is 6.22. The maximum atomic E-state index is 13.5. The lowest BCUT2D eigenvalue weighted by molar-refractivity contribution is -0.126. The van der Waals surface area contributed by atoms with Gasteiger partial charge in [-0.05, 0) is 75.2 Å². The average molecular weight is 494 g/mol. The van der Waals surface area contributed by atoms with E-state index in [1.165, 1.54) is 0 Å². The lowest BCUT2D eigenvalue weighted by Crippen LogP contribution is -2.52. The highest BCUT2D eigenvalue weighted by Gasteiger charge is 2.52. The van der Waals surface area contributed by atoms with Gasteiger partial charge in [0.1, 0.15) is 28.6 Å². The van der Waals surface area contributed by atoms with Crippen molar-refractivity contribution in [3.8, 4) is 5.75 Å². The Morgan fingerprint density at radius 2 is 1.56 bits per heavy atom. The number of fused-ring (bicyclic) bond motifs is 3. The molecule has 0 radical (unpaired) electrons. The molecule has 0 aromatic heterocycles. The molecular weight excluding hydrogens is 462 g/mol. The van der Waals surface area contributed by atoms with Crippen LogP contribution in [0.3, 0.4) is 0 Å². The van der Waals surface area contributed by atoms with Crippen molar-refractivity contribution in [1.29, 1.82) is 0 Å². The minimum atomic E-state index is -1.04. The number of phenolic OH excluding ortho intramolecular Hbond substituents is 1. The zero-order chi connectivity index (χ0) is 25.3. The fourth-order valence-corrected chi connectivity index (χ4v) is 7.11. The number of phenols is 1. The standard InChI is InChI=1S/C27H31N3O6/c28-27(36)21-25(34)20-15(22(26(21)35)30-9-3-4-10-30)12-13-11-14-16(29-7-1-2-8-29)5-6-17(31)19(14)23(32)18(13)24(20)33/h5-6,13,15,22,31-34H,1-4,7-12H2,(H2,28,36)/t13-,15+,22+/m0/s1. The number of nitrogens with two attached hydrogens (primary N) is 1. The molecule has 3 aliphatic carbocycles. The van der Waals surface area contributed by atoms with Crippen LogP contribution in [-0.2, 0) is 16.0 Å². The van der Waals surface area contributed by atoms with Crippen LogP contribution < -0.4 is 10.6 Å². The second-order valence-corrected chi connectivity index (χ2v) is 10.6. The van der Waals surface area contributed by atoms with Gasteiger partial charge in [-0.1, -0.05) is 0 Å². The quantitative estimate of drug-likeness (QED) is 0.404. The summed E-state index contributed by atoms with van der Waals surface area (Å²) in [5.74, 6) is -3.67. The lowest BCUT2D eigenvalue weighted by Gasteiger charge is -2.44. The third kappa shape index (κ3) is 3.18. The first-order valence-corrected chi connectivity index (χ1v) is 12.8. The molecule has 1 amide bonds. The molecule has 6 N–H and O–H groups in total. The molecule has 1 aromatic rings. The highest BCUT2D eigenvalue weighted by Crippen LogP contribution is 2.53. The molecule has 0 bridgehead atoms. The maximum absolute atomic E-state index is 13.5. The van der Waals surface area contributed by atoms with Crippen molar-refractivity contribution in [1.82, 2.24) is 4.90 Å². The Morgan fingerprint density at radius 1 is 0.889 bits per heavy atom. The molecule has 2 saturated heterocycles. The maximum Gasteiger partial charge on any atom is 0.256 e. The predicted molar refractivity (Wildman–Crippen MR) is 133 cm³/mol. The Morgan fingerprint density at radius 3 is 2.22 bits per heavy atom. The molecule has 36 heavy (non-hydrogen) atoms. The molecule has 0 saturated carbocycles. The average Bonchev–Trinajstić information content (AvgIpc) is 3.53. The Kier molecular flexibility index (Phi) is 5.29. The van der Waals surface area contributed by atoms with Crippen molar-refractivity contribution in [2.75, 3.05) is 31.1 Å². The van der Waals surface area contributed by atoms with Gasteiger partial charge < -0.3 is 31.1 Å². The molecular formula is C27H31N3O6. The van der Waals surface area contributed by atoms with E-state index < -0.39 is 35.0 Å². The number of Topliss-reactive ketones (excluding diaryl/α,β-unsaturated/α-hetero) is 1. The first-order chi connectivity index (χ1) is 17.3. The number of hydrogen-bond acceptors (Lipinski definition) is 8. The summed E-state index contributed by atoms with van der Waals surface area (Å²) in [6.07, 6.45) is 4.87. The number of hydrogen-bond donors (Lipinski definition) is 5. The van der Waals surface area contributed by atoms with Crippen LogP contribution in [-0.4, -0.2) is 69.2 Å². The zero-order valence-corrected chi connectivity index (χ0v) is 20.0. The van der Waals surface area contributed by atoms with E-state index in [9.17, 15) is 30.0 Å². The molecule has 9 nitrogen and oxygen atoms in total. The molecule has 2 fully saturated rings. The first kappa shape index (κ1) is 23.0. The van der Waals surface area contributed by atoms with Crippen molar-refractivity contribution >= 4 is 23.1 Å². The minimum Gasteiger partial charge on any atom is -0.507 e. The van der Waals surface area contributed by atoms with Gasteiger partial charge in [-0.15, -0.1) is 0 Å². The summed E-state index contributed by atoms with van der Waals surface area (Å²) in [6, 6.07) is 2.73. The second-order valence-electron chi connectivity index (χ2n) is 10.6. The number of rotatable bonds is 3. The van der Waals surface area contributed by atoms with E-state index in [1.807, 2.05) is 11.0 Å². The van der Waals surface area contributed by atoms with Crippen LogP contribution in [0.5, 0.6) is 5.75 Å². The largest absolute Gasteiger partial charge is 0.507 e. The third-order valence-electron chi connectivity index (χ3n) is 8.65. The minimum absolute atomic E-state index is 0.0803. The Balaban J connectivity index is 1.55. The van der Waals surface area contributed by atoms with E-state index in [4.69, 9.17) is 5.73 Å². The summed E-state index contributed by atoms with van der Waals surface area (Å²) < 4.78 is 0. The van der Waals surface area contributed by atoms with Crippen LogP contribution in [0.4, 0.5) is 5.69 Å².